The van der Waals surface area contributed by atoms with Crippen LogP contribution in [0.4, 0.5) is 18.9 Å². The average molecular weight is 453 g/mol. The fourth-order valence-electron chi connectivity index (χ4n) is 2.88. The monoisotopic (exact) mass is 453 g/mol. The van der Waals surface area contributed by atoms with Crippen LogP contribution < -0.4 is 9.46 Å². The van der Waals surface area contributed by atoms with Crippen molar-refractivity contribution in [3.8, 4) is 17.3 Å². The highest BCUT2D eigenvalue weighted by Crippen LogP contribution is 2.34. The molecule has 0 unspecified atom stereocenters. The van der Waals surface area contributed by atoms with Crippen LogP contribution in [0.2, 0.25) is 0 Å². The fourth-order valence-corrected chi connectivity index (χ4v) is 3.91. The lowest BCUT2D eigenvalue weighted by Crippen LogP contribution is -2.15. The van der Waals surface area contributed by atoms with Gasteiger partial charge >= 0.3 is 6.18 Å². The Morgan fingerprint density at radius 2 is 1.94 bits per heavy atom. The Morgan fingerprint density at radius 1 is 1.16 bits per heavy atom. The van der Waals surface area contributed by atoms with Crippen molar-refractivity contribution < 1.29 is 26.3 Å². The summed E-state index contributed by atoms with van der Waals surface area (Å²) in [7, 11) is -1.06. The topological polar surface area (TPSA) is 128 Å². The minimum atomic E-state index is -4.69. The molecular weight excluding hydrogens is 439 g/mol. The Bertz CT molecular complexity index is 1360. The van der Waals surface area contributed by atoms with Crippen molar-refractivity contribution in [3.05, 3.63) is 42.5 Å². The first-order valence-electron chi connectivity index (χ1n) is 8.57. The van der Waals surface area contributed by atoms with Crippen molar-refractivity contribution in [2.75, 3.05) is 11.8 Å². The average Bonchev–Trinajstić information content (AvgIpc) is 3.36. The van der Waals surface area contributed by atoms with E-state index in [9.17, 15) is 21.6 Å². The Hall–Kier alpha value is -3.68. The number of pyridine rings is 1. The SMILES string of the molecule is COc1ccc2cnn(C)c2c1NS(=O)(=O)c1ccc(-c2n[nH]c(C(F)(F)F)n2)nc1. The smallest absolute Gasteiger partial charge is 0.451 e. The number of aryl methyl sites for hydroxylation is 1. The summed E-state index contributed by atoms with van der Waals surface area (Å²) in [5, 5.41) is 10.0. The van der Waals surface area contributed by atoms with Crippen molar-refractivity contribution in [1.29, 1.82) is 0 Å². The molecule has 0 fully saturated rings. The lowest BCUT2D eigenvalue weighted by Gasteiger charge is -2.13. The third-order valence-corrected chi connectivity index (χ3v) is 5.69. The third kappa shape index (κ3) is 3.76. The Kier molecular flexibility index (Phi) is 4.80. The zero-order valence-electron chi connectivity index (χ0n) is 16.0. The first-order chi connectivity index (χ1) is 14.6. The number of nitrogens with zero attached hydrogens (tertiary/aromatic N) is 5. The van der Waals surface area contributed by atoms with Gasteiger partial charge < -0.3 is 4.74 Å². The molecule has 1 aromatic carbocycles. The second kappa shape index (κ2) is 7.23. The van der Waals surface area contributed by atoms with E-state index in [0.29, 0.717) is 10.9 Å². The van der Waals surface area contributed by atoms with E-state index >= 15 is 0 Å². The zero-order chi connectivity index (χ0) is 22.4. The maximum atomic E-state index is 12.9. The van der Waals surface area contributed by atoms with Gasteiger partial charge in [-0.1, -0.05) is 0 Å². The molecule has 0 amide bonds. The van der Waals surface area contributed by atoms with E-state index < -0.39 is 22.0 Å². The van der Waals surface area contributed by atoms with Crippen LogP contribution in [-0.2, 0) is 23.2 Å². The van der Waals surface area contributed by atoms with Crippen molar-refractivity contribution in [1.82, 2.24) is 29.9 Å². The number of aromatic nitrogens is 6. The van der Waals surface area contributed by atoms with E-state index in [-0.39, 0.29) is 27.9 Å². The van der Waals surface area contributed by atoms with Crippen molar-refractivity contribution in [3.63, 3.8) is 0 Å². The van der Waals surface area contributed by atoms with Gasteiger partial charge in [0.2, 0.25) is 5.82 Å². The van der Waals surface area contributed by atoms with Gasteiger partial charge in [-0.2, -0.15) is 23.4 Å². The maximum Gasteiger partial charge on any atom is 0.451 e. The molecule has 0 aliphatic carbocycles. The van der Waals surface area contributed by atoms with Gasteiger partial charge in [0.25, 0.3) is 10.0 Å². The number of sulfonamides is 1. The summed E-state index contributed by atoms with van der Waals surface area (Å²) < 4.78 is 73.0. The molecule has 0 saturated carbocycles. The third-order valence-electron chi connectivity index (χ3n) is 4.35. The highest BCUT2D eigenvalue weighted by molar-refractivity contribution is 7.92. The van der Waals surface area contributed by atoms with E-state index in [1.807, 2.05) is 0 Å². The first kappa shape index (κ1) is 20.6. The standard InChI is InChI=1S/C17H14F3N7O3S/c1-27-14-9(7-22-27)3-6-12(30-2)13(14)26-31(28,29)10-4-5-11(21-8-10)15-23-16(25-24-15)17(18,19)20/h3-8,26H,1-2H3,(H,23,24,25). The lowest BCUT2D eigenvalue weighted by molar-refractivity contribution is -0.144. The number of aromatic amines is 1. The molecule has 3 heterocycles. The van der Waals surface area contributed by atoms with E-state index in [2.05, 4.69) is 24.9 Å². The Labute approximate surface area is 173 Å². The molecule has 4 aromatic rings. The van der Waals surface area contributed by atoms with Crippen LogP contribution in [0.25, 0.3) is 22.4 Å². The summed E-state index contributed by atoms with van der Waals surface area (Å²) in [6.07, 6.45) is -2.11. The number of halogens is 3. The second-order valence-electron chi connectivity index (χ2n) is 6.34. The van der Waals surface area contributed by atoms with Crippen LogP contribution in [0, 0.1) is 0 Å². The molecular formula is C17H14F3N7O3S. The van der Waals surface area contributed by atoms with Crippen LogP contribution in [0.5, 0.6) is 5.75 Å². The highest BCUT2D eigenvalue weighted by Gasteiger charge is 2.35. The van der Waals surface area contributed by atoms with Gasteiger partial charge in [0.15, 0.2) is 5.82 Å². The number of hydrogen-bond donors (Lipinski definition) is 2. The van der Waals surface area contributed by atoms with Crippen LogP contribution >= 0.6 is 0 Å². The molecule has 162 valence electrons. The summed E-state index contributed by atoms with van der Waals surface area (Å²) in [6.45, 7) is 0. The molecule has 0 bridgehead atoms. The number of nitrogens with one attached hydrogen (secondary N) is 2. The number of hydrogen-bond acceptors (Lipinski definition) is 7. The Morgan fingerprint density at radius 3 is 2.55 bits per heavy atom. The summed E-state index contributed by atoms with van der Waals surface area (Å²) in [4.78, 5) is 6.99. The molecule has 10 nitrogen and oxygen atoms in total. The predicted molar refractivity (Wildman–Crippen MR) is 103 cm³/mol. The summed E-state index contributed by atoms with van der Waals surface area (Å²) in [5.74, 6) is -1.31. The quantitative estimate of drug-likeness (QED) is 0.475. The number of rotatable bonds is 5. The largest absolute Gasteiger partial charge is 0.494 e. The molecule has 3 aromatic heterocycles. The number of fused-ring (bicyclic) bond motifs is 1. The minimum Gasteiger partial charge on any atom is -0.494 e. The molecule has 14 heteroatoms. The number of H-pyrrole nitrogens is 1. The zero-order valence-corrected chi connectivity index (χ0v) is 16.8. The molecule has 31 heavy (non-hydrogen) atoms. The van der Waals surface area contributed by atoms with Gasteiger partial charge in [-0.15, -0.1) is 0 Å². The molecule has 0 radical (unpaired) electrons. The molecule has 0 aliphatic heterocycles. The summed E-state index contributed by atoms with van der Waals surface area (Å²) in [5.41, 5.74) is 0.665. The lowest BCUT2D eigenvalue weighted by atomic mass is 10.2. The van der Waals surface area contributed by atoms with Crippen LogP contribution in [0.3, 0.4) is 0 Å². The summed E-state index contributed by atoms with van der Waals surface area (Å²) in [6, 6.07) is 5.73. The number of anilines is 1. The van der Waals surface area contributed by atoms with E-state index in [1.165, 1.54) is 23.9 Å². The van der Waals surface area contributed by atoms with E-state index in [1.54, 1.807) is 30.5 Å². The molecule has 0 saturated heterocycles. The van der Waals surface area contributed by atoms with Gasteiger partial charge in [-0.05, 0) is 24.3 Å². The number of methoxy groups -OCH3 is 1. The summed E-state index contributed by atoms with van der Waals surface area (Å²) >= 11 is 0. The van der Waals surface area contributed by atoms with Gasteiger partial charge in [0.05, 0.1) is 18.8 Å². The van der Waals surface area contributed by atoms with E-state index in [0.717, 1.165) is 6.20 Å². The van der Waals surface area contributed by atoms with Crippen LogP contribution in [0.1, 0.15) is 5.82 Å². The van der Waals surface area contributed by atoms with Gasteiger partial charge in [-0.25, -0.2) is 13.4 Å². The normalized spacial score (nSPS) is 12.3. The van der Waals surface area contributed by atoms with Crippen molar-refractivity contribution >= 4 is 26.6 Å². The molecule has 2 N–H and O–H groups in total. The van der Waals surface area contributed by atoms with Crippen LogP contribution in [0.15, 0.2) is 41.6 Å². The number of benzene rings is 1. The van der Waals surface area contributed by atoms with E-state index in [4.69, 9.17) is 4.74 Å². The van der Waals surface area contributed by atoms with Gasteiger partial charge in [-0.3, -0.25) is 19.5 Å². The molecule has 4 rings (SSSR count). The minimum absolute atomic E-state index is 0.0305. The molecule has 0 spiro atoms. The fraction of sp³-hybridized carbons (Fsp3) is 0.176. The highest BCUT2D eigenvalue weighted by atomic mass is 32.2. The molecule has 0 atom stereocenters. The predicted octanol–water partition coefficient (Wildman–Crippen LogP) is 2.58. The van der Waals surface area contributed by atoms with Gasteiger partial charge in [0.1, 0.15) is 22.0 Å². The second-order valence-corrected chi connectivity index (χ2v) is 8.02. The van der Waals surface area contributed by atoms with Gasteiger partial charge in [0, 0.05) is 18.6 Å². The first-order valence-corrected chi connectivity index (χ1v) is 10.1. The van der Waals surface area contributed by atoms with Crippen molar-refractivity contribution in [2.45, 2.75) is 11.1 Å². The Balaban J connectivity index is 1.67. The number of alkyl halides is 3. The maximum absolute atomic E-state index is 12.9. The van der Waals surface area contributed by atoms with Crippen molar-refractivity contribution in [2.24, 2.45) is 7.05 Å². The molecule has 0 aliphatic rings. The number of ether oxygens (including phenoxy) is 1. The van der Waals surface area contributed by atoms with Crippen LogP contribution in [-0.4, -0.2) is 45.5 Å².